The highest BCUT2D eigenvalue weighted by atomic mass is 16.2. The number of nitrogens with zero attached hydrogens (tertiary/aromatic N) is 4. The van der Waals surface area contributed by atoms with E-state index >= 15 is 0 Å². The van der Waals surface area contributed by atoms with E-state index in [-0.39, 0.29) is 12.0 Å². The molecule has 0 bridgehead atoms. The second kappa shape index (κ2) is 7.79. The Morgan fingerprint density at radius 3 is 2.50 bits per heavy atom. The molecule has 0 radical (unpaired) electrons. The van der Waals surface area contributed by atoms with Crippen molar-refractivity contribution in [3.05, 3.63) is 63.1 Å². The van der Waals surface area contributed by atoms with Crippen LogP contribution in [0.3, 0.4) is 0 Å². The van der Waals surface area contributed by atoms with Crippen LogP contribution in [0.2, 0.25) is 0 Å². The normalized spacial score (nSPS) is 18.1. The molecule has 30 heavy (non-hydrogen) atoms. The van der Waals surface area contributed by atoms with Crippen LogP contribution in [0.4, 0.5) is 4.79 Å². The Kier molecular flexibility index (Phi) is 5.38. The molecule has 1 fully saturated rings. The first-order valence-electron chi connectivity index (χ1n) is 9.25. The van der Waals surface area contributed by atoms with Crippen LogP contribution >= 0.6 is 0 Å². The van der Waals surface area contributed by atoms with Crippen LogP contribution in [0.5, 0.6) is 0 Å². The lowest BCUT2D eigenvalue weighted by molar-refractivity contribution is -0.139. The molecule has 10 nitrogen and oxygen atoms in total. The molecule has 0 spiro atoms. The predicted octanol–water partition coefficient (Wildman–Crippen LogP) is 0.620. The lowest BCUT2D eigenvalue weighted by atomic mass is 9.87. The van der Waals surface area contributed by atoms with Gasteiger partial charge in [-0.25, -0.2) is 9.48 Å². The number of hydrazine groups is 1. The maximum Gasteiger partial charge on any atom is 0.344 e. The van der Waals surface area contributed by atoms with Crippen LogP contribution in [0, 0.1) is 25.2 Å². The van der Waals surface area contributed by atoms with E-state index in [1.165, 1.54) is 0 Å². The highest BCUT2D eigenvalue weighted by Gasteiger charge is 2.52. The molecule has 3 rings (SSSR count). The monoisotopic (exact) mass is 408 g/mol. The van der Waals surface area contributed by atoms with Crippen molar-refractivity contribution in [1.82, 2.24) is 25.5 Å². The second-order valence-corrected chi connectivity index (χ2v) is 6.89. The number of rotatable bonds is 5. The van der Waals surface area contributed by atoms with Crippen LogP contribution in [0.1, 0.15) is 35.7 Å². The zero-order chi connectivity index (χ0) is 22.1. The lowest BCUT2D eigenvalue weighted by Gasteiger charge is -2.25. The fourth-order valence-corrected chi connectivity index (χ4v) is 3.35. The van der Waals surface area contributed by atoms with Crippen molar-refractivity contribution in [2.24, 2.45) is 0 Å². The van der Waals surface area contributed by atoms with Crippen LogP contribution in [0.25, 0.3) is 0 Å². The number of hydrogen-bond donors (Lipinski definition) is 2. The summed E-state index contributed by atoms with van der Waals surface area (Å²) in [5.41, 5.74) is 1.55. The molecular weight excluding hydrogens is 388 g/mol. The van der Waals surface area contributed by atoms with Gasteiger partial charge in [-0.05, 0) is 31.4 Å². The van der Waals surface area contributed by atoms with Crippen molar-refractivity contribution < 1.29 is 14.4 Å². The number of urea groups is 1. The smallest absolute Gasteiger partial charge is 0.318 e. The third-order valence-corrected chi connectivity index (χ3v) is 5.17. The molecule has 2 aromatic rings. The van der Waals surface area contributed by atoms with Crippen molar-refractivity contribution in [2.45, 2.75) is 39.3 Å². The number of benzene rings is 1. The Bertz CT molecular complexity index is 1130. The minimum Gasteiger partial charge on any atom is -0.318 e. The number of nitrogens with one attached hydrogen (secondary N) is 2. The molecule has 1 aliphatic heterocycles. The van der Waals surface area contributed by atoms with Crippen LogP contribution in [-0.2, 0) is 21.7 Å². The van der Waals surface area contributed by atoms with Gasteiger partial charge in [0.2, 0.25) is 0 Å². The first-order chi connectivity index (χ1) is 14.2. The fourth-order valence-electron chi connectivity index (χ4n) is 3.35. The second-order valence-electron chi connectivity index (χ2n) is 6.89. The molecule has 1 saturated heterocycles. The number of imide groups is 1. The molecule has 1 atom stereocenters. The largest absolute Gasteiger partial charge is 0.344 e. The highest BCUT2D eigenvalue weighted by Crippen LogP contribution is 2.31. The summed E-state index contributed by atoms with van der Waals surface area (Å²) in [4.78, 5) is 50.3. The summed E-state index contributed by atoms with van der Waals surface area (Å²) in [5, 5.41) is 16.4. The Hall–Kier alpha value is -4.00. The molecular formula is C20H20N6O4. The fraction of sp³-hybridized carbons (Fsp3) is 0.300. The predicted molar refractivity (Wildman–Crippen MR) is 105 cm³/mol. The molecule has 2 heterocycles. The number of aromatic nitrogens is 2. The van der Waals surface area contributed by atoms with Gasteiger partial charge in [-0.2, -0.15) is 15.4 Å². The van der Waals surface area contributed by atoms with Gasteiger partial charge >= 0.3 is 6.03 Å². The molecule has 154 valence electrons. The first kappa shape index (κ1) is 20.7. The maximum absolute atomic E-state index is 13.0. The average Bonchev–Trinajstić information content (AvgIpc) is 2.98. The third-order valence-electron chi connectivity index (χ3n) is 5.17. The quantitative estimate of drug-likeness (QED) is 0.696. The Morgan fingerprint density at radius 1 is 1.23 bits per heavy atom. The molecule has 4 amide bonds. The van der Waals surface area contributed by atoms with Crippen molar-refractivity contribution in [3.8, 4) is 6.07 Å². The molecule has 2 N–H and O–H groups in total. The average molecular weight is 408 g/mol. The van der Waals surface area contributed by atoms with E-state index in [2.05, 4.69) is 15.8 Å². The minimum atomic E-state index is -1.30. The minimum absolute atomic E-state index is 0.112. The van der Waals surface area contributed by atoms with Gasteiger partial charge in [-0.1, -0.05) is 37.3 Å². The van der Waals surface area contributed by atoms with E-state index in [0.717, 1.165) is 4.68 Å². The Morgan fingerprint density at radius 2 is 1.90 bits per heavy atom. The van der Waals surface area contributed by atoms with E-state index in [4.69, 9.17) is 0 Å². The molecule has 10 heteroatoms. The topological polar surface area (TPSA) is 137 Å². The summed E-state index contributed by atoms with van der Waals surface area (Å²) in [6.45, 7) is 4.39. The van der Waals surface area contributed by atoms with Crippen LogP contribution in [0.15, 0.2) is 35.1 Å². The lowest BCUT2D eigenvalue weighted by Crippen LogP contribution is -2.50. The van der Waals surface area contributed by atoms with Crippen molar-refractivity contribution in [1.29, 1.82) is 5.26 Å². The van der Waals surface area contributed by atoms with Crippen molar-refractivity contribution in [2.75, 3.05) is 0 Å². The number of carbonyl (C=O) groups excluding carboxylic acids is 3. The number of nitriles is 1. The van der Waals surface area contributed by atoms with Crippen molar-refractivity contribution in [3.63, 3.8) is 0 Å². The number of aryl methyl sites for hydroxylation is 1. The third kappa shape index (κ3) is 3.30. The summed E-state index contributed by atoms with van der Waals surface area (Å²) in [7, 11) is 0. The van der Waals surface area contributed by atoms with Gasteiger partial charge in [0.1, 0.15) is 23.7 Å². The SMILES string of the molecule is CC[C@]1(c2ccccc2)NC(=O)N(NC(=O)Cn2nc(C)c(C)c(C#N)c2=O)C1=O. The molecule has 1 aliphatic rings. The summed E-state index contributed by atoms with van der Waals surface area (Å²) in [6.07, 6.45) is 0.275. The van der Waals surface area contributed by atoms with Gasteiger partial charge in [0.05, 0.1) is 5.69 Å². The van der Waals surface area contributed by atoms with Crippen molar-refractivity contribution >= 4 is 17.8 Å². The zero-order valence-corrected chi connectivity index (χ0v) is 16.7. The van der Waals surface area contributed by atoms with Gasteiger partial charge in [0.25, 0.3) is 17.4 Å². The van der Waals surface area contributed by atoms with E-state index in [9.17, 15) is 24.4 Å². The van der Waals surface area contributed by atoms with E-state index in [1.54, 1.807) is 51.1 Å². The molecule has 0 unspecified atom stereocenters. The highest BCUT2D eigenvalue weighted by molar-refractivity contribution is 6.08. The maximum atomic E-state index is 13.0. The summed E-state index contributed by atoms with van der Waals surface area (Å²) < 4.78 is 0.832. The Labute approximate surface area is 172 Å². The van der Waals surface area contributed by atoms with Gasteiger partial charge < -0.3 is 5.32 Å². The Balaban J connectivity index is 1.84. The van der Waals surface area contributed by atoms with E-state index in [1.807, 2.05) is 6.07 Å². The standard InChI is InChI=1S/C20H20N6O4/c1-4-20(14-8-6-5-7-9-14)18(29)26(19(30)22-20)24-16(27)11-25-17(28)15(10-21)12(2)13(3)23-25/h5-9H,4,11H2,1-3H3,(H,22,30)(H,24,27)/t20-/m1/s1. The van der Waals surface area contributed by atoms with Gasteiger partial charge in [0.15, 0.2) is 0 Å². The summed E-state index contributed by atoms with van der Waals surface area (Å²) in [6, 6.07) is 9.75. The first-order valence-corrected chi connectivity index (χ1v) is 9.25. The molecule has 1 aromatic heterocycles. The van der Waals surface area contributed by atoms with Crippen LogP contribution in [-0.4, -0.2) is 32.6 Å². The number of carbonyl (C=O) groups is 3. The van der Waals surface area contributed by atoms with Crippen LogP contribution < -0.4 is 16.3 Å². The molecule has 0 aliphatic carbocycles. The van der Waals surface area contributed by atoms with Gasteiger partial charge in [-0.15, -0.1) is 0 Å². The molecule has 1 aromatic carbocycles. The van der Waals surface area contributed by atoms with Gasteiger partial charge in [0, 0.05) is 0 Å². The summed E-state index contributed by atoms with van der Waals surface area (Å²) in [5.74, 6) is -1.44. The summed E-state index contributed by atoms with van der Waals surface area (Å²) >= 11 is 0. The molecule has 0 saturated carbocycles. The van der Waals surface area contributed by atoms with Gasteiger partial charge in [-0.3, -0.25) is 19.8 Å². The van der Waals surface area contributed by atoms with E-state index < -0.39 is 35.5 Å². The zero-order valence-electron chi connectivity index (χ0n) is 16.7. The number of amides is 4. The van der Waals surface area contributed by atoms with E-state index in [0.29, 0.717) is 21.8 Å². The number of hydrogen-bond acceptors (Lipinski definition) is 6.